The molecule has 1 N–H and O–H groups in total. The predicted octanol–water partition coefficient (Wildman–Crippen LogP) is 2.91. The van der Waals surface area contributed by atoms with Crippen molar-refractivity contribution in [1.29, 1.82) is 0 Å². The van der Waals surface area contributed by atoms with Crippen LogP contribution >= 0.6 is 23.4 Å². The van der Waals surface area contributed by atoms with Crippen LogP contribution in [0.25, 0.3) is 0 Å². The lowest BCUT2D eigenvalue weighted by Gasteiger charge is -2.24. The van der Waals surface area contributed by atoms with Crippen molar-refractivity contribution in [2.45, 2.75) is 18.9 Å². The third-order valence-corrected chi connectivity index (χ3v) is 3.97. The van der Waals surface area contributed by atoms with Crippen molar-refractivity contribution in [2.24, 2.45) is 0 Å². The molecule has 2 heterocycles. The fourth-order valence-corrected chi connectivity index (χ4v) is 3.21. The van der Waals surface area contributed by atoms with E-state index >= 15 is 0 Å². The molecule has 1 aromatic heterocycles. The minimum atomic E-state index is -0.905. The summed E-state index contributed by atoms with van der Waals surface area (Å²) >= 11 is 7.71. The Morgan fingerprint density at radius 3 is 3.07 bits per heavy atom. The van der Waals surface area contributed by atoms with Gasteiger partial charge in [0.2, 0.25) is 0 Å². The van der Waals surface area contributed by atoms with Crippen molar-refractivity contribution in [3.8, 4) is 0 Å². The van der Waals surface area contributed by atoms with Crippen LogP contribution in [-0.2, 0) is 0 Å². The Kier molecular flexibility index (Phi) is 3.26. The summed E-state index contributed by atoms with van der Waals surface area (Å²) in [7, 11) is 0. The van der Waals surface area contributed by atoms with Crippen molar-refractivity contribution in [1.82, 2.24) is 4.57 Å². The Morgan fingerprint density at radius 1 is 1.67 bits per heavy atom. The van der Waals surface area contributed by atoms with Crippen molar-refractivity contribution in [2.75, 3.05) is 11.5 Å². The highest BCUT2D eigenvalue weighted by Crippen LogP contribution is 2.29. The van der Waals surface area contributed by atoms with Gasteiger partial charge < -0.3 is 9.67 Å². The Balaban J connectivity index is 2.28. The number of carboxylic acid groups (broad SMARTS) is 1. The second-order valence-electron chi connectivity index (χ2n) is 3.63. The van der Waals surface area contributed by atoms with Gasteiger partial charge in [0.15, 0.2) is 0 Å². The van der Waals surface area contributed by atoms with E-state index in [0.717, 1.165) is 18.6 Å². The van der Waals surface area contributed by atoms with Crippen molar-refractivity contribution < 1.29 is 9.90 Å². The average molecular weight is 246 g/mol. The highest BCUT2D eigenvalue weighted by Gasteiger charge is 2.21. The van der Waals surface area contributed by atoms with Gasteiger partial charge in [0.25, 0.3) is 0 Å². The fourth-order valence-electron chi connectivity index (χ4n) is 1.86. The second-order valence-corrected chi connectivity index (χ2v) is 5.21. The normalized spacial score (nSPS) is 21.5. The molecule has 0 aromatic carbocycles. The molecular weight excluding hydrogens is 234 g/mol. The van der Waals surface area contributed by atoms with Crippen molar-refractivity contribution in [3.63, 3.8) is 0 Å². The molecule has 1 atom stereocenters. The lowest BCUT2D eigenvalue weighted by atomic mass is 10.2. The zero-order valence-corrected chi connectivity index (χ0v) is 9.72. The molecule has 0 spiro atoms. The summed E-state index contributed by atoms with van der Waals surface area (Å²) in [5, 5.41) is 9.53. The maximum absolute atomic E-state index is 11.0. The van der Waals surface area contributed by atoms with Crippen LogP contribution in [0.1, 0.15) is 29.4 Å². The molecule has 1 aliphatic heterocycles. The molecule has 0 bridgehead atoms. The average Bonchev–Trinajstić information content (AvgIpc) is 2.62. The number of aromatic carboxylic acids is 1. The molecule has 1 aliphatic rings. The Morgan fingerprint density at radius 2 is 2.47 bits per heavy atom. The maximum Gasteiger partial charge on any atom is 0.352 e. The molecule has 15 heavy (non-hydrogen) atoms. The van der Waals surface area contributed by atoms with E-state index in [9.17, 15) is 4.79 Å². The number of hydrogen-bond donors (Lipinski definition) is 1. The van der Waals surface area contributed by atoms with Gasteiger partial charge in [-0.1, -0.05) is 11.6 Å². The third-order valence-electron chi connectivity index (χ3n) is 2.56. The first-order valence-electron chi connectivity index (χ1n) is 4.87. The first-order valence-corrected chi connectivity index (χ1v) is 6.40. The molecule has 1 fully saturated rings. The molecule has 0 saturated carbocycles. The van der Waals surface area contributed by atoms with Gasteiger partial charge in [-0.2, -0.15) is 11.8 Å². The number of halogens is 1. The van der Waals surface area contributed by atoms with Crippen LogP contribution in [0.15, 0.2) is 12.3 Å². The van der Waals surface area contributed by atoms with Gasteiger partial charge in [-0.05, 0) is 24.7 Å². The van der Waals surface area contributed by atoms with Crippen molar-refractivity contribution >= 4 is 29.3 Å². The van der Waals surface area contributed by atoms with Crippen molar-refractivity contribution in [3.05, 3.63) is 23.0 Å². The Bertz CT molecular complexity index is 371. The van der Waals surface area contributed by atoms with E-state index in [4.69, 9.17) is 16.7 Å². The van der Waals surface area contributed by atoms with Gasteiger partial charge in [0.05, 0.1) is 5.02 Å². The summed E-state index contributed by atoms with van der Waals surface area (Å²) in [5.74, 6) is 1.25. The molecule has 5 heteroatoms. The zero-order chi connectivity index (χ0) is 10.8. The van der Waals surface area contributed by atoms with Gasteiger partial charge >= 0.3 is 5.97 Å². The van der Waals surface area contributed by atoms with Crippen LogP contribution in [0.4, 0.5) is 0 Å². The highest BCUT2D eigenvalue weighted by molar-refractivity contribution is 7.99. The number of nitrogens with zero attached hydrogens (tertiary/aromatic N) is 1. The zero-order valence-electron chi connectivity index (χ0n) is 8.15. The fraction of sp³-hybridized carbons (Fsp3) is 0.500. The van der Waals surface area contributed by atoms with Crippen LogP contribution < -0.4 is 0 Å². The van der Waals surface area contributed by atoms with Gasteiger partial charge in [0.1, 0.15) is 5.69 Å². The van der Waals surface area contributed by atoms with E-state index in [1.54, 1.807) is 10.8 Å². The smallest absolute Gasteiger partial charge is 0.352 e. The SMILES string of the molecule is O=C(O)c1cc(Cl)cn1C1CCCSC1. The molecule has 1 saturated heterocycles. The van der Waals surface area contributed by atoms with E-state index in [1.165, 1.54) is 11.8 Å². The molecule has 1 unspecified atom stereocenters. The summed E-state index contributed by atoms with van der Waals surface area (Å²) < 4.78 is 1.80. The van der Waals surface area contributed by atoms with Gasteiger partial charge in [-0.25, -0.2) is 4.79 Å². The lowest BCUT2D eigenvalue weighted by molar-refractivity contribution is 0.0682. The second kappa shape index (κ2) is 4.49. The maximum atomic E-state index is 11.0. The monoisotopic (exact) mass is 245 g/mol. The molecule has 0 amide bonds. The van der Waals surface area contributed by atoms with Crippen LogP contribution in [0, 0.1) is 0 Å². The van der Waals surface area contributed by atoms with E-state index in [-0.39, 0.29) is 6.04 Å². The van der Waals surface area contributed by atoms with Crippen LogP contribution in [0.5, 0.6) is 0 Å². The Labute approximate surface area is 97.4 Å². The number of rotatable bonds is 2. The predicted molar refractivity (Wildman–Crippen MR) is 62.0 cm³/mol. The van der Waals surface area contributed by atoms with E-state index < -0.39 is 5.97 Å². The lowest BCUT2D eigenvalue weighted by Crippen LogP contribution is -2.19. The number of carboxylic acids is 1. The number of hydrogen-bond acceptors (Lipinski definition) is 2. The van der Waals surface area contributed by atoms with Crippen LogP contribution in [0.3, 0.4) is 0 Å². The molecular formula is C10H12ClNO2S. The van der Waals surface area contributed by atoms with Gasteiger partial charge in [0, 0.05) is 18.0 Å². The first-order chi connectivity index (χ1) is 7.18. The number of aromatic nitrogens is 1. The number of thioether (sulfide) groups is 1. The van der Waals surface area contributed by atoms with E-state index in [2.05, 4.69) is 0 Å². The minimum absolute atomic E-state index is 0.280. The molecule has 3 nitrogen and oxygen atoms in total. The summed E-state index contributed by atoms with van der Waals surface area (Å²) in [5.41, 5.74) is 0.299. The van der Waals surface area contributed by atoms with E-state index in [1.807, 2.05) is 11.8 Å². The molecule has 0 aliphatic carbocycles. The molecule has 1 aromatic rings. The summed E-state index contributed by atoms with van der Waals surface area (Å²) in [4.78, 5) is 11.0. The summed E-state index contributed by atoms with van der Waals surface area (Å²) in [6, 6.07) is 1.80. The largest absolute Gasteiger partial charge is 0.477 e. The highest BCUT2D eigenvalue weighted by atomic mass is 35.5. The Hall–Kier alpha value is -0.610. The standard InChI is InChI=1S/C10H12ClNO2S/c11-7-4-9(10(13)14)12(5-7)8-2-1-3-15-6-8/h4-5,8H,1-3,6H2,(H,13,14). The van der Waals surface area contributed by atoms with E-state index in [0.29, 0.717) is 10.7 Å². The topological polar surface area (TPSA) is 42.2 Å². The molecule has 82 valence electrons. The summed E-state index contributed by atoms with van der Waals surface area (Å²) in [6.45, 7) is 0. The minimum Gasteiger partial charge on any atom is -0.477 e. The molecule has 2 rings (SSSR count). The number of carbonyl (C=O) groups is 1. The van der Waals surface area contributed by atoms with Crippen LogP contribution in [0.2, 0.25) is 5.02 Å². The third kappa shape index (κ3) is 2.32. The van der Waals surface area contributed by atoms with Gasteiger partial charge in [-0.15, -0.1) is 0 Å². The van der Waals surface area contributed by atoms with Crippen LogP contribution in [-0.4, -0.2) is 27.1 Å². The molecule has 0 radical (unpaired) electrons. The quantitative estimate of drug-likeness (QED) is 0.871. The van der Waals surface area contributed by atoms with Gasteiger partial charge in [-0.3, -0.25) is 0 Å². The first kappa shape index (κ1) is 10.9. The summed E-state index contributed by atoms with van der Waals surface area (Å²) in [6.07, 6.45) is 3.91.